The van der Waals surface area contributed by atoms with Crippen LogP contribution in [0.2, 0.25) is 0 Å². The molecule has 0 spiro atoms. The van der Waals surface area contributed by atoms with E-state index in [-0.39, 0.29) is 11.8 Å². The molecular formula is C21H21NO3. The fraction of sp³-hybridized carbons (Fsp3) is 0.238. The van der Waals surface area contributed by atoms with E-state index in [0.29, 0.717) is 12.0 Å². The molecule has 0 unspecified atom stereocenters. The number of methoxy groups -OCH3 is 1. The minimum absolute atomic E-state index is 0.0958. The van der Waals surface area contributed by atoms with Gasteiger partial charge in [-0.3, -0.25) is 4.79 Å². The van der Waals surface area contributed by atoms with Crippen molar-refractivity contribution < 1.29 is 14.3 Å². The van der Waals surface area contributed by atoms with Gasteiger partial charge >= 0.3 is 5.97 Å². The Labute approximate surface area is 147 Å². The lowest BCUT2D eigenvalue weighted by atomic mass is 10.1. The Balaban J connectivity index is 2.02. The number of carbonyl (C=O) groups excluding carboxylic acids is 2. The number of carbonyl (C=O) groups is 2. The minimum atomic E-state index is -0.332. The maximum Gasteiger partial charge on any atom is 0.337 e. The summed E-state index contributed by atoms with van der Waals surface area (Å²) in [6.45, 7) is 2.64. The Hall–Kier alpha value is -2.88. The van der Waals surface area contributed by atoms with Gasteiger partial charge in [0.2, 0.25) is 0 Å². The number of fused-ring (bicyclic) bond motifs is 1. The normalized spacial score (nSPS) is 13.5. The second-order valence-electron chi connectivity index (χ2n) is 5.95. The molecule has 0 aromatic heterocycles. The Morgan fingerprint density at radius 3 is 2.56 bits per heavy atom. The van der Waals surface area contributed by atoms with Crippen LogP contribution < -0.4 is 4.90 Å². The van der Waals surface area contributed by atoms with Gasteiger partial charge in [-0.05, 0) is 35.7 Å². The maximum absolute atomic E-state index is 12.1. The van der Waals surface area contributed by atoms with Gasteiger partial charge in [-0.2, -0.15) is 0 Å². The van der Waals surface area contributed by atoms with Gasteiger partial charge in [-0.15, -0.1) is 0 Å². The van der Waals surface area contributed by atoms with E-state index >= 15 is 0 Å². The number of hydrogen-bond donors (Lipinski definition) is 0. The summed E-state index contributed by atoms with van der Waals surface area (Å²) in [5.74, 6) is -0.236. The van der Waals surface area contributed by atoms with Crippen LogP contribution in [-0.4, -0.2) is 25.4 Å². The molecule has 0 saturated carbocycles. The number of ketones is 1. The molecule has 0 saturated heterocycles. The molecule has 2 aromatic rings. The Bertz CT molecular complexity index is 824. The van der Waals surface area contributed by atoms with Crippen LogP contribution in [0.15, 0.2) is 54.6 Å². The zero-order valence-corrected chi connectivity index (χ0v) is 14.5. The summed E-state index contributed by atoms with van der Waals surface area (Å²) in [6.07, 6.45) is 3.02. The van der Waals surface area contributed by atoms with Gasteiger partial charge < -0.3 is 9.64 Å². The third-order valence-corrected chi connectivity index (χ3v) is 4.40. The molecule has 0 bridgehead atoms. The van der Waals surface area contributed by atoms with E-state index in [1.54, 1.807) is 12.1 Å². The van der Waals surface area contributed by atoms with Crippen LogP contribution in [0, 0.1) is 0 Å². The van der Waals surface area contributed by atoms with Gasteiger partial charge in [-0.25, -0.2) is 4.79 Å². The van der Waals surface area contributed by atoms with Gasteiger partial charge in [-0.1, -0.05) is 37.3 Å². The Morgan fingerprint density at radius 2 is 1.88 bits per heavy atom. The van der Waals surface area contributed by atoms with Gasteiger partial charge in [0.25, 0.3) is 0 Å². The van der Waals surface area contributed by atoms with Crippen molar-refractivity contribution >= 4 is 23.1 Å². The van der Waals surface area contributed by atoms with Crippen molar-refractivity contribution in [1.82, 2.24) is 0 Å². The Kier molecular flexibility index (Phi) is 4.98. The summed E-state index contributed by atoms with van der Waals surface area (Å²) in [4.78, 5) is 26.0. The van der Waals surface area contributed by atoms with E-state index in [1.165, 1.54) is 7.11 Å². The summed E-state index contributed by atoms with van der Waals surface area (Å²) >= 11 is 0. The van der Waals surface area contributed by atoms with Crippen LogP contribution in [-0.2, 0) is 16.0 Å². The molecule has 1 aliphatic rings. The van der Waals surface area contributed by atoms with E-state index in [1.807, 2.05) is 49.4 Å². The van der Waals surface area contributed by atoms with E-state index in [4.69, 9.17) is 4.74 Å². The van der Waals surface area contributed by atoms with Crippen molar-refractivity contribution in [2.45, 2.75) is 19.8 Å². The summed E-state index contributed by atoms with van der Waals surface area (Å²) in [7, 11) is 1.38. The molecule has 0 amide bonds. The topological polar surface area (TPSA) is 46.6 Å². The number of anilines is 1. The number of rotatable bonds is 5. The molecule has 0 atom stereocenters. The number of hydrogen-bond acceptors (Lipinski definition) is 4. The fourth-order valence-corrected chi connectivity index (χ4v) is 3.08. The molecular weight excluding hydrogens is 314 g/mol. The van der Waals surface area contributed by atoms with Gasteiger partial charge in [0.15, 0.2) is 5.78 Å². The zero-order valence-electron chi connectivity index (χ0n) is 14.5. The van der Waals surface area contributed by atoms with Crippen molar-refractivity contribution in [3.8, 4) is 0 Å². The first-order valence-electron chi connectivity index (χ1n) is 8.42. The highest BCUT2D eigenvalue weighted by atomic mass is 16.5. The Morgan fingerprint density at radius 1 is 1.12 bits per heavy atom. The standard InChI is InChI=1S/C21H21NO3/c1-3-18(23)14-20(15-7-5-4-6-8-15)22-12-11-16-13-17(21(24)25-2)9-10-19(16)22/h4-10,13-14H,3,11-12H2,1-2H3/b20-14-. The minimum Gasteiger partial charge on any atom is -0.465 e. The quantitative estimate of drug-likeness (QED) is 0.615. The largest absolute Gasteiger partial charge is 0.465 e. The molecule has 4 heteroatoms. The first kappa shape index (κ1) is 17.0. The first-order valence-corrected chi connectivity index (χ1v) is 8.42. The van der Waals surface area contributed by atoms with Crippen LogP contribution in [0.3, 0.4) is 0 Å². The van der Waals surface area contributed by atoms with Crippen LogP contribution in [0.4, 0.5) is 5.69 Å². The highest BCUT2D eigenvalue weighted by Crippen LogP contribution is 2.35. The molecule has 0 radical (unpaired) electrons. The molecule has 1 heterocycles. The smallest absolute Gasteiger partial charge is 0.337 e. The molecule has 128 valence electrons. The van der Waals surface area contributed by atoms with Gasteiger partial charge in [0.1, 0.15) is 0 Å². The third kappa shape index (κ3) is 3.48. The van der Waals surface area contributed by atoms with Crippen molar-refractivity contribution in [3.05, 3.63) is 71.3 Å². The predicted octanol–water partition coefficient (Wildman–Crippen LogP) is 3.86. The second-order valence-corrected chi connectivity index (χ2v) is 5.95. The lowest BCUT2D eigenvalue weighted by Crippen LogP contribution is -2.19. The number of nitrogens with zero attached hydrogens (tertiary/aromatic N) is 1. The summed E-state index contributed by atoms with van der Waals surface area (Å²) in [6, 6.07) is 15.5. The van der Waals surface area contributed by atoms with Crippen molar-refractivity contribution in [1.29, 1.82) is 0 Å². The predicted molar refractivity (Wildman–Crippen MR) is 98.5 cm³/mol. The van der Waals surface area contributed by atoms with Gasteiger partial charge in [0.05, 0.1) is 18.4 Å². The first-order chi connectivity index (χ1) is 12.1. The third-order valence-electron chi connectivity index (χ3n) is 4.40. The molecule has 0 aliphatic carbocycles. The lowest BCUT2D eigenvalue weighted by molar-refractivity contribution is -0.114. The molecule has 25 heavy (non-hydrogen) atoms. The molecule has 0 fully saturated rings. The van der Waals surface area contributed by atoms with E-state index < -0.39 is 0 Å². The molecule has 2 aromatic carbocycles. The highest BCUT2D eigenvalue weighted by molar-refractivity contribution is 6.00. The molecule has 1 aliphatic heterocycles. The highest BCUT2D eigenvalue weighted by Gasteiger charge is 2.24. The summed E-state index contributed by atoms with van der Waals surface area (Å²) < 4.78 is 4.80. The van der Waals surface area contributed by atoms with Gasteiger partial charge in [0, 0.05) is 24.7 Å². The summed E-state index contributed by atoms with van der Waals surface area (Å²) in [5, 5.41) is 0. The van der Waals surface area contributed by atoms with Crippen molar-refractivity contribution in [2.24, 2.45) is 0 Å². The summed E-state index contributed by atoms with van der Waals surface area (Å²) in [5.41, 5.74) is 4.59. The van der Waals surface area contributed by atoms with Crippen LogP contribution in [0.25, 0.3) is 5.70 Å². The fourth-order valence-electron chi connectivity index (χ4n) is 3.08. The monoisotopic (exact) mass is 335 g/mol. The number of allylic oxidation sites excluding steroid dienone is 1. The number of ether oxygens (including phenoxy) is 1. The second kappa shape index (κ2) is 7.34. The molecule has 4 nitrogen and oxygen atoms in total. The van der Waals surface area contributed by atoms with Crippen LogP contribution in [0.5, 0.6) is 0 Å². The maximum atomic E-state index is 12.1. The average Bonchev–Trinajstić information content (AvgIpc) is 3.08. The van der Waals surface area contributed by atoms with E-state index in [2.05, 4.69) is 4.90 Å². The molecule has 3 rings (SSSR count). The van der Waals surface area contributed by atoms with Crippen LogP contribution in [0.1, 0.15) is 34.8 Å². The zero-order chi connectivity index (χ0) is 17.8. The number of benzene rings is 2. The number of esters is 1. The van der Waals surface area contributed by atoms with Crippen molar-refractivity contribution in [3.63, 3.8) is 0 Å². The average molecular weight is 335 g/mol. The van der Waals surface area contributed by atoms with Crippen LogP contribution >= 0.6 is 0 Å². The van der Waals surface area contributed by atoms with Crippen molar-refractivity contribution in [2.75, 3.05) is 18.6 Å². The van der Waals surface area contributed by atoms with E-state index in [9.17, 15) is 9.59 Å². The van der Waals surface area contributed by atoms with E-state index in [0.717, 1.165) is 35.5 Å². The SMILES string of the molecule is CCC(=O)/C=C(/c1ccccc1)N1CCc2cc(C(=O)OC)ccc21. The molecule has 0 N–H and O–H groups in total. The lowest BCUT2D eigenvalue weighted by Gasteiger charge is -2.23.